The van der Waals surface area contributed by atoms with Gasteiger partial charge in [-0.1, -0.05) is 26.7 Å². The molecule has 0 aromatic heterocycles. The molecule has 116 valence electrons. The number of hydroxylamine groups is 1. The Balaban J connectivity index is 2.78. The van der Waals surface area contributed by atoms with Crippen LogP contribution in [-0.4, -0.2) is 17.4 Å². The van der Waals surface area contributed by atoms with E-state index in [2.05, 4.69) is 6.92 Å². The average molecular weight is 294 g/mol. The maximum atomic E-state index is 11.7. The van der Waals surface area contributed by atoms with E-state index >= 15 is 0 Å². The first-order valence-corrected chi connectivity index (χ1v) is 7.31. The highest BCUT2D eigenvalue weighted by Gasteiger charge is 2.14. The van der Waals surface area contributed by atoms with Crippen LogP contribution in [0.5, 0.6) is 0 Å². The maximum absolute atomic E-state index is 11.7. The van der Waals surface area contributed by atoms with Crippen LogP contribution in [-0.2, 0) is 9.63 Å². The lowest BCUT2D eigenvalue weighted by Gasteiger charge is -2.23. The normalized spacial score (nSPS) is 10.2. The molecule has 0 heterocycles. The highest BCUT2D eigenvalue weighted by Crippen LogP contribution is 2.20. The minimum Gasteiger partial charge on any atom is -0.341 e. The number of hydrogen-bond acceptors (Lipinski definition) is 5. The quantitative estimate of drug-likeness (QED) is 0.393. The molecule has 1 aromatic carbocycles. The molecule has 0 spiro atoms. The van der Waals surface area contributed by atoms with Crippen molar-refractivity contribution in [2.75, 3.05) is 11.6 Å². The number of rotatable bonds is 9. The monoisotopic (exact) mass is 294 g/mol. The molecule has 0 unspecified atom stereocenters. The predicted molar refractivity (Wildman–Crippen MR) is 81.0 cm³/mol. The molecule has 1 rings (SSSR count). The summed E-state index contributed by atoms with van der Waals surface area (Å²) in [5, 5.41) is 12.2. The van der Waals surface area contributed by atoms with Crippen LogP contribution in [0.3, 0.4) is 0 Å². The summed E-state index contributed by atoms with van der Waals surface area (Å²) < 4.78 is 0. The van der Waals surface area contributed by atoms with Gasteiger partial charge in [-0.25, -0.2) is 9.86 Å². The van der Waals surface area contributed by atoms with Crippen molar-refractivity contribution in [1.29, 1.82) is 0 Å². The van der Waals surface area contributed by atoms with Crippen molar-refractivity contribution >= 4 is 17.3 Å². The van der Waals surface area contributed by atoms with Crippen LogP contribution < -0.4 is 5.06 Å². The lowest BCUT2D eigenvalue weighted by Crippen LogP contribution is -2.28. The van der Waals surface area contributed by atoms with E-state index in [1.807, 2.05) is 6.92 Å². The standard InChI is InChI=1S/C15H22N2O4/c1-3-5-6-12-16(21-15(18)7-4-2)13-8-10-14(11-9-13)17(19)20/h8-11H,3-7,12H2,1-2H3. The van der Waals surface area contributed by atoms with Crippen LogP contribution in [0.2, 0.25) is 0 Å². The van der Waals surface area contributed by atoms with E-state index in [-0.39, 0.29) is 11.7 Å². The average Bonchev–Trinajstić information content (AvgIpc) is 2.47. The lowest BCUT2D eigenvalue weighted by molar-refractivity contribution is -0.384. The number of nitrogens with zero attached hydrogens (tertiary/aromatic N) is 2. The van der Waals surface area contributed by atoms with Crippen LogP contribution in [0.4, 0.5) is 11.4 Å². The van der Waals surface area contributed by atoms with Crippen molar-refractivity contribution in [2.24, 2.45) is 0 Å². The smallest absolute Gasteiger partial charge is 0.332 e. The van der Waals surface area contributed by atoms with Crippen molar-refractivity contribution in [1.82, 2.24) is 0 Å². The van der Waals surface area contributed by atoms with E-state index in [9.17, 15) is 14.9 Å². The second kappa shape index (κ2) is 8.94. The van der Waals surface area contributed by atoms with Crippen LogP contribution in [0.15, 0.2) is 24.3 Å². The van der Waals surface area contributed by atoms with Gasteiger partial charge in [-0.05, 0) is 25.0 Å². The molecule has 1 aromatic rings. The Labute approximate surface area is 124 Å². The summed E-state index contributed by atoms with van der Waals surface area (Å²) in [7, 11) is 0. The lowest BCUT2D eigenvalue weighted by atomic mass is 10.2. The van der Waals surface area contributed by atoms with Gasteiger partial charge in [-0.2, -0.15) is 0 Å². The topological polar surface area (TPSA) is 72.7 Å². The van der Waals surface area contributed by atoms with Gasteiger partial charge in [-0.3, -0.25) is 10.1 Å². The molecular formula is C15H22N2O4. The van der Waals surface area contributed by atoms with Gasteiger partial charge in [0.05, 0.1) is 17.2 Å². The number of non-ortho nitro benzene ring substituents is 1. The fourth-order valence-corrected chi connectivity index (χ4v) is 1.85. The number of carbonyl (C=O) groups is 1. The number of carbonyl (C=O) groups excluding carboxylic acids is 1. The molecule has 6 heteroatoms. The molecule has 0 fully saturated rings. The second-order valence-electron chi connectivity index (χ2n) is 4.80. The molecular weight excluding hydrogens is 272 g/mol. The number of benzene rings is 1. The molecule has 0 radical (unpaired) electrons. The molecule has 0 atom stereocenters. The first kappa shape index (κ1) is 16.9. The minimum absolute atomic E-state index is 0.0205. The fraction of sp³-hybridized carbons (Fsp3) is 0.533. The van der Waals surface area contributed by atoms with Crippen molar-refractivity contribution in [3.8, 4) is 0 Å². The van der Waals surface area contributed by atoms with Crippen molar-refractivity contribution in [3.63, 3.8) is 0 Å². The maximum Gasteiger partial charge on any atom is 0.332 e. The Kier molecular flexibility index (Phi) is 7.21. The van der Waals surface area contributed by atoms with E-state index in [1.54, 1.807) is 12.1 Å². The van der Waals surface area contributed by atoms with Gasteiger partial charge < -0.3 is 4.84 Å². The summed E-state index contributed by atoms with van der Waals surface area (Å²) in [6.07, 6.45) is 4.08. The van der Waals surface area contributed by atoms with Crippen molar-refractivity contribution in [2.45, 2.75) is 46.0 Å². The van der Waals surface area contributed by atoms with Gasteiger partial charge in [-0.15, -0.1) is 0 Å². The van der Waals surface area contributed by atoms with Crippen LogP contribution in [0, 0.1) is 10.1 Å². The van der Waals surface area contributed by atoms with Gasteiger partial charge in [0.2, 0.25) is 0 Å². The molecule has 0 bridgehead atoms. The molecule has 21 heavy (non-hydrogen) atoms. The van der Waals surface area contributed by atoms with Gasteiger partial charge in [0.1, 0.15) is 0 Å². The van der Waals surface area contributed by atoms with Gasteiger partial charge >= 0.3 is 5.97 Å². The zero-order valence-corrected chi connectivity index (χ0v) is 12.6. The summed E-state index contributed by atoms with van der Waals surface area (Å²) >= 11 is 0. The number of nitro groups is 1. The summed E-state index contributed by atoms with van der Waals surface area (Å²) in [6, 6.07) is 6.03. The van der Waals surface area contributed by atoms with Gasteiger partial charge in [0.25, 0.3) is 5.69 Å². The zero-order chi connectivity index (χ0) is 15.7. The molecule has 0 saturated carbocycles. The van der Waals surface area contributed by atoms with E-state index in [4.69, 9.17) is 4.84 Å². The summed E-state index contributed by atoms with van der Waals surface area (Å²) in [4.78, 5) is 27.2. The Morgan fingerprint density at radius 1 is 1.19 bits per heavy atom. The number of anilines is 1. The second-order valence-corrected chi connectivity index (χ2v) is 4.80. The summed E-state index contributed by atoms with van der Waals surface area (Å²) in [5.41, 5.74) is 0.674. The highest BCUT2D eigenvalue weighted by atomic mass is 16.7. The fourth-order valence-electron chi connectivity index (χ4n) is 1.85. The molecule has 0 aliphatic heterocycles. The first-order valence-electron chi connectivity index (χ1n) is 7.31. The van der Waals surface area contributed by atoms with Crippen molar-refractivity contribution in [3.05, 3.63) is 34.4 Å². The largest absolute Gasteiger partial charge is 0.341 e. The summed E-state index contributed by atoms with van der Waals surface area (Å²) in [6.45, 7) is 4.59. The third kappa shape index (κ3) is 5.81. The SMILES string of the molecule is CCCCCN(OC(=O)CCC)c1ccc([N+](=O)[O-])cc1. The van der Waals surface area contributed by atoms with Gasteiger partial charge in [0, 0.05) is 18.6 Å². The molecule has 6 nitrogen and oxygen atoms in total. The highest BCUT2D eigenvalue weighted by molar-refractivity contribution is 5.70. The van der Waals surface area contributed by atoms with E-state index in [1.165, 1.54) is 17.2 Å². The third-order valence-corrected chi connectivity index (χ3v) is 2.98. The van der Waals surface area contributed by atoms with Crippen molar-refractivity contribution < 1.29 is 14.6 Å². The van der Waals surface area contributed by atoms with Crippen LogP contribution in [0.1, 0.15) is 46.0 Å². The first-order chi connectivity index (χ1) is 10.1. The van der Waals surface area contributed by atoms with Gasteiger partial charge in [0.15, 0.2) is 0 Å². The number of nitro benzene ring substituents is 1. The van der Waals surface area contributed by atoms with Crippen LogP contribution >= 0.6 is 0 Å². The molecule has 0 N–H and O–H groups in total. The Morgan fingerprint density at radius 2 is 1.86 bits per heavy atom. The number of hydrogen-bond donors (Lipinski definition) is 0. The molecule has 0 amide bonds. The minimum atomic E-state index is -0.450. The van der Waals surface area contributed by atoms with E-state index in [0.29, 0.717) is 18.7 Å². The number of unbranched alkanes of at least 4 members (excludes halogenated alkanes) is 2. The molecule has 0 saturated heterocycles. The predicted octanol–water partition coefficient (Wildman–Crippen LogP) is 3.85. The Bertz CT molecular complexity index is 459. The zero-order valence-electron chi connectivity index (χ0n) is 12.6. The third-order valence-electron chi connectivity index (χ3n) is 2.98. The van der Waals surface area contributed by atoms with E-state index < -0.39 is 4.92 Å². The van der Waals surface area contributed by atoms with E-state index in [0.717, 1.165) is 25.7 Å². The molecule has 0 aliphatic rings. The molecule has 0 aliphatic carbocycles. The Hall–Kier alpha value is -2.11. The Morgan fingerprint density at radius 3 is 2.38 bits per heavy atom. The van der Waals surface area contributed by atoms with Crippen LogP contribution in [0.25, 0.3) is 0 Å². The summed E-state index contributed by atoms with van der Waals surface area (Å²) in [5.74, 6) is -0.285.